The van der Waals surface area contributed by atoms with Gasteiger partial charge in [-0.15, -0.1) is 11.6 Å². The number of aromatic nitrogens is 2. The molecule has 2 atom stereocenters. The van der Waals surface area contributed by atoms with Gasteiger partial charge in [0.25, 0.3) is 0 Å². The fourth-order valence-electron chi connectivity index (χ4n) is 1.99. The average Bonchev–Trinajstić information content (AvgIpc) is 2.63. The molecule has 2 heterocycles. The molecule has 1 saturated heterocycles. The summed E-state index contributed by atoms with van der Waals surface area (Å²) in [4.78, 5) is 4.30. The lowest BCUT2D eigenvalue weighted by molar-refractivity contribution is 0.0544. The van der Waals surface area contributed by atoms with Gasteiger partial charge >= 0.3 is 0 Å². The molecule has 1 aromatic heterocycles. The van der Waals surface area contributed by atoms with Crippen molar-refractivity contribution >= 4 is 11.6 Å². The third-order valence-corrected chi connectivity index (χ3v) is 3.62. The number of imidazole rings is 1. The van der Waals surface area contributed by atoms with Gasteiger partial charge in [-0.3, -0.25) is 0 Å². The van der Waals surface area contributed by atoms with Gasteiger partial charge in [0.2, 0.25) is 0 Å². The van der Waals surface area contributed by atoms with E-state index in [2.05, 4.69) is 9.55 Å². The summed E-state index contributed by atoms with van der Waals surface area (Å²) in [5, 5.41) is 0.277. The molecule has 1 fully saturated rings. The number of rotatable bonds is 3. The summed E-state index contributed by atoms with van der Waals surface area (Å²) in [6, 6.07) is 0. The van der Waals surface area contributed by atoms with Crippen molar-refractivity contribution in [3.63, 3.8) is 0 Å². The Morgan fingerprint density at radius 1 is 1.67 bits per heavy atom. The molecule has 0 spiro atoms. The standard InChI is InChI=1S/C11H17ClN2O/c1-14-6-5-13-11(14)3-2-9-8-15-7-4-10(9)12/h5-6,9-10H,2-4,7-8H2,1H3. The van der Waals surface area contributed by atoms with E-state index in [4.69, 9.17) is 16.3 Å². The molecule has 4 heteroatoms. The van der Waals surface area contributed by atoms with Crippen molar-refractivity contribution in [2.24, 2.45) is 13.0 Å². The quantitative estimate of drug-likeness (QED) is 0.740. The Kier molecular flexibility index (Phi) is 3.65. The predicted molar refractivity (Wildman–Crippen MR) is 60.1 cm³/mol. The van der Waals surface area contributed by atoms with Crippen LogP contribution in [-0.2, 0) is 18.2 Å². The van der Waals surface area contributed by atoms with Gasteiger partial charge in [0, 0.05) is 37.8 Å². The van der Waals surface area contributed by atoms with E-state index in [-0.39, 0.29) is 5.38 Å². The first-order valence-electron chi connectivity index (χ1n) is 5.45. The fraction of sp³-hybridized carbons (Fsp3) is 0.727. The van der Waals surface area contributed by atoms with E-state index >= 15 is 0 Å². The van der Waals surface area contributed by atoms with Gasteiger partial charge in [0.1, 0.15) is 5.82 Å². The van der Waals surface area contributed by atoms with E-state index in [1.54, 1.807) is 0 Å². The first kappa shape index (κ1) is 11.0. The topological polar surface area (TPSA) is 27.1 Å². The molecule has 1 aliphatic rings. The second-order valence-electron chi connectivity index (χ2n) is 4.13. The van der Waals surface area contributed by atoms with Crippen molar-refractivity contribution in [3.8, 4) is 0 Å². The summed E-state index contributed by atoms with van der Waals surface area (Å²) < 4.78 is 7.50. The molecule has 1 aliphatic heterocycles. The maximum absolute atomic E-state index is 6.26. The molecule has 0 saturated carbocycles. The minimum atomic E-state index is 0.277. The van der Waals surface area contributed by atoms with Gasteiger partial charge in [0.05, 0.1) is 6.61 Å². The average molecular weight is 229 g/mol. The smallest absolute Gasteiger partial charge is 0.108 e. The van der Waals surface area contributed by atoms with Gasteiger partial charge in [0.15, 0.2) is 0 Å². The van der Waals surface area contributed by atoms with Crippen LogP contribution in [0.4, 0.5) is 0 Å². The van der Waals surface area contributed by atoms with Crippen LogP contribution in [0.1, 0.15) is 18.7 Å². The molecule has 0 aromatic carbocycles. The molecule has 2 rings (SSSR count). The van der Waals surface area contributed by atoms with Crippen molar-refractivity contribution < 1.29 is 4.74 Å². The number of ether oxygens (including phenoxy) is 1. The number of hydrogen-bond acceptors (Lipinski definition) is 2. The molecular formula is C11H17ClN2O. The Hall–Kier alpha value is -0.540. The molecular weight excluding hydrogens is 212 g/mol. The molecule has 84 valence electrons. The monoisotopic (exact) mass is 228 g/mol. The fourth-order valence-corrected chi connectivity index (χ4v) is 2.27. The third-order valence-electron chi connectivity index (χ3n) is 3.04. The molecule has 2 unspecified atom stereocenters. The number of aryl methyl sites for hydroxylation is 2. The predicted octanol–water partition coefficient (Wildman–Crippen LogP) is 2.00. The van der Waals surface area contributed by atoms with Gasteiger partial charge in [-0.1, -0.05) is 0 Å². The third kappa shape index (κ3) is 2.73. The normalized spacial score (nSPS) is 26.8. The number of alkyl halides is 1. The van der Waals surface area contributed by atoms with Crippen LogP contribution in [0.2, 0.25) is 0 Å². The molecule has 0 radical (unpaired) electrons. The Morgan fingerprint density at radius 2 is 2.53 bits per heavy atom. The second-order valence-corrected chi connectivity index (χ2v) is 4.69. The summed E-state index contributed by atoms with van der Waals surface area (Å²) >= 11 is 6.26. The Balaban J connectivity index is 1.84. The van der Waals surface area contributed by atoms with Crippen LogP contribution >= 0.6 is 11.6 Å². The molecule has 0 amide bonds. The largest absolute Gasteiger partial charge is 0.381 e. The van der Waals surface area contributed by atoms with Crippen LogP contribution in [0.25, 0.3) is 0 Å². The zero-order chi connectivity index (χ0) is 10.7. The maximum atomic E-state index is 6.26. The zero-order valence-corrected chi connectivity index (χ0v) is 9.78. The summed E-state index contributed by atoms with van der Waals surface area (Å²) in [7, 11) is 2.03. The van der Waals surface area contributed by atoms with Crippen LogP contribution in [0.3, 0.4) is 0 Å². The van der Waals surface area contributed by atoms with Crippen LogP contribution in [0.15, 0.2) is 12.4 Å². The lowest BCUT2D eigenvalue weighted by Crippen LogP contribution is -2.28. The zero-order valence-electron chi connectivity index (χ0n) is 9.03. The van der Waals surface area contributed by atoms with Crippen molar-refractivity contribution in [1.29, 1.82) is 0 Å². The van der Waals surface area contributed by atoms with E-state index < -0.39 is 0 Å². The van der Waals surface area contributed by atoms with Crippen molar-refractivity contribution in [2.75, 3.05) is 13.2 Å². The van der Waals surface area contributed by atoms with Gasteiger partial charge in [-0.2, -0.15) is 0 Å². The molecule has 15 heavy (non-hydrogen) atoms. The van der Waals surface area contributed by atoms with Gasteiger partial charge in [-0.05, 0) is 18.8 Å². The Morgan fingerprint density at radius 3 is 3.20 bits per heavy atom. The van der Waals surface area contributed by atoms with Crippen LogP contribution in [0, 0.1) is 5.92 Å². The molecule has 3 nitrogen and oxygen atoms in total. The lowest BCUT2D eigenvalue weighted by Gasteiger charge is -2.26. The molecule has 0 N–H and O–H groups in total. The van der Waals surface area contributed by atoms with Crippen molar-refractivity contribution in [3.05, 3.63) is 18.2 Å². The summed E-state index contributed by atoms with van der Waals surface area (Å²) in [6.45, 7) is 1.62. The summed E-state index contributed by atoms with van der Waals surface area (Å²) in [6.07, 6.45) is 6.85. The number of hydrogen-bond donors (Lipinski definition) is 0. The lowest BCUT2D eigenvalue weighted by atomic mass is 9.96. The van der Waals surface area contributed by atoms with Crippen LogP contribution in [-0.4, -0.2) is 28.1 Å². The van der Waals surface area contributed by atoms with Crippen molar-refractivity contribution in [1.82, 2.24) is 9.55 Å². The SMILES string of the molecule is Cn1ccnc1CCC1COCCC1Cl. The van der Waals surface area contributed by atoms with Crippen LogP contribution < -0.4 is 0 Å². The molecule has 0 aliphatic carbocycles. The minimum Gasteiger partial charge on any atom is -0.381 e. The molecule has 1 aromatic rings. The highest BCUT2D eigenvalue weighted by atomic mass is 35.5. The van der Waals surface area contributed by atoms with E-state index in [1.807, 2.05) is 19.4 Å². The Bertz CT molecular complexity index is 313. The Labute approximate surface area is 95.4 Å². The van der Waals surface area contributed by atoms with Crippen LogP contribution in [0.5, 0.6) is 0 Å². The first-order chi connectivity index (χ1) is 7.27. The minimum absolute atomic E-state index is 0.277. The second kappa shape index (κ2) is 4.99. The summed E-state index contributed by atoms with van der Waals surface area (Å²) in [5.74, 6) is 1.61. The van der Waals surface area contributed by atoms with E-state index in [0.717, 1.165) is 38.3 Å². The molecule has 0 bridgehead atoms. The highest BCUT2D eigenvalue weighted by molar-refractivity contribution is 6.20. The number of nitrogens with zero attached hydrogens (tertiary/aromatic N) is 2. The highest BCUT2D eigenvalue weighted by Crippen LogP contribution is 2.24. The van der Waals surface area contributed by atoms with Gasteiger partial charge < -0.3 is 9.30 Å². The van der Waals surface area contributed by atoms with Gasteiger partial charge in [-0.25, -0.2) is 4.98 Å². The van der Waals surface area contributed by atoms with E-state index in [0.29, 0.717) is 5.92 Å². The van der Waals surface area contributed by atoms with Crippen molar-refractivity contribution in [2.45, 2.75) is 24.6 Å². The highest BCUT2D eigenvalue weighted by Gasteiger charge is 2.23. The number of halogens is 1. The summed E-state index contributed by atoms with van der Waals surface area (Å²) in [5.41, 5.74) is 0. The van der Waals surface area contributed by atoms with E-state index in [1.165, 1.54) is 0 Å². The first-order valence-corrected chi connectivity index (χ1v) is 5.89. The van der Waals surface area contributed by atoms with E-state index in [9.17, 15) is 0 Å². The maximum Gasteiger partial charge on any atom is 0.108 e.